The Bertz CT molecular complexity index is 718. The molecule has 3 rings (SSSR count). The lowest BCUT2D eigenvalue weighted by molar-refractivity contribution is 0.613. The summed E-state index contributed by atoms with van der Waals surface area (Å²) in [5.41, 5.74) is 1.18. The van der Waals surface area contributed by atoms with Gasteiger partial charge in [0.25, 0.3) is 0 Å². The molecule has 0 bridgehead atoms. The largest absolute Gasteiger partial charge is 0.346 e. The molecule has 1 N–H and O–H groups in total. The fourth-order valence-electron chi connectivity index (χ4n) is 2.21. The molecule has 1 aromatic carbocycles. The van der Waals surface area contributed by atoms with Crippen molar-refractivity contribution in [3.63, 3.8) is 0 Å². The van der Waals surface area contributed by atoms with E-state index >= 15 is 0 Å². The summed E-state index contributed by atoms with van der Waals surface area (Å²) in [6.45, 7) is 2.69. The highest BCUT2D eigenvalue weighted by Gasteiger charge is 2.02. The molecule has 0 saturated carbocycles. The molecule has 0 aliphatic carbocycles. The van der Waals surface area contributed by atoms with Crippen LogP contribution in [0.3, 0.4) is 0 Å². The molecule has 2 nitrogen and oxygen atoms in total. The first kappa shape index (κ1) is 14.0. The molecule has 0 aliphatic heterocycles. The Morgan fingerprint density at radius 3 is 2.80 bits per heavy atom. The lowest BCUT2D eigenvalue weighted by atomic mass is 10.2. The average molecular weight is 325 g/mol. The van der Waals surface area contributed by atoms with Crippen molar-refractivity contribution in [2.24, 2.45) is 0 Å². The highest BCUT2D eigenvalue weighted by Crippen LogP contribution is 2.21. The molecule has 0 atom stereocenters. The summed E-state index contributed by atoms with van der Waals surface area (Å²) in [7, 11) is 0. The molecule has 5 heteroatoms. The van der Waals surface area contributed by atoms with Crippen LogP contribution in [-0.2, 0) is 13.1 Å². The van der Waals surface area contributed by atoms with E-state index in [0.29, 0.717) is 0 Å². The molecule has 2 aromatic heterocycles. The van der Waals surface area contributed by atoms with Gasteiger partial charge in [-0.05, 0) is 35.7 Å². The van der Waals surface area contributed by atoms with Gasteiger partial charge in [0.15, 0.2) is 0 Å². The van der Waals surface area contributed by atoms with Crippen LogP contribution in [0.1, 0.15) is 4.88 Å². The Labute approximate surface area is 131 Å². The SMILES string of the molecule is Clc1ccc2ccn(CCNCc3ccc(Cl)s3)c2c1. The second kappa shape index (κ2) is 6.19. The van der Waals surface area contributed by atoms with Crippen LogP contribution in [0.15, 0.2) is 42.6 Å². The van der Waals surface area contributed by atoms with Gasteiger partial charge in [0.2, 0.25) is 0 Å². The third kappa shape index (κ3) is 3.18. The third-order valence-corrected chi connectivity index (χ3v) is 4.66. The van der Waals surface area contributed by atoms with Gasteiger partial charge in [0.1, 0.15) is 0 Å². The molecule has 20 heavy (non-hydrogen) atoms. The smallest absolute Gasteiger partial charge is 0.0931 e. The van der Waals surface area contributed by atoms with E-state index in [-0.39, 0.29) is 0 Å². The maximum absolute atomic E-state index is 6.05. The van der Waals surface area contributed by atoms with Crippen LogP contribution in [0.4, 0.5) is 0 Å². The molecule has 0 unspecified atom stereocenters. The minimum absolute atomic E-state index is 0.777. The first-order valence-corrected chi connectivity index (χ1v) is 7.99. The zero-order chi connectivity index (χ0) is 13.9. The summed E-state index contributed by atoms with van der Waals surface area (Å²) >= 11 is 13.6. The van der Waals surface area contributed by atoms with E-state index < -0.39 is 0 Å². The maximum atomic E-state index is 6.05. The fourth-order valence-corrected chi connectivity index (χ4v) is 3.43. The monoisotopic (exact) mass is 324 g/mol. The van der Waals surface area contributed by atoms with Crippen molar-refractivity contribution in [2.45, 2.75) is 13.1 Å². The fraction of sp³-hybridized carbons (Fsp3) is 0.200. The van der Waals surface area contributed by atoms with E-state index in [2.05, 4.69) is 34.3 Å². The predicted molar refractivity (Wildman–Crippen MR) is 88.0 cm³/mol. The first-order valence-electron chi connectivity index (χ1n) is 6.42. The molecular weight excluding hydrogens is 311 g/mol. The van der Waals surface area contributed by atoms with Gasteiger partial charge in [0.05, 0.1) is 4.34 Å². The number of fused-ring (bicyclic) bond motifs is 1. The Hall–Kier alpha value is -1.00. The van der Waals surface area contributed by atoms with Crippen LogP contribution in [-0.4, -0.2) is 11.1 Å². The van der Waals surface area contributed by atoms with Gasteiger partial charge in [-0.25, -0.2) is 0 Å². The molecule has 0 aliphatic rings. The van der Waals surface area contributed by atoms with Crippen LogP contribution in [0.5, 0.6) is 0 Å². The maximum Gasteiger partial charge on any atom is 0.0931 e. The number of thiophene rings is 1. The summed E-state index contributed by atoms with van der Waals surface area (Å²) in [4.78, 5) is 1.26. The highest BCUT2D eigenvalue weighted by atomic mass is 35.5. The Kier molecular flexibility index (Phi) is 4.32. The number of halogens is 2. The topological polar surface area (TPSA) is 17.0 Å². The number of aromatic nitrogens is 1. The molecule has 2 heterocycles. The predicted octanol–water partition coefficient (Wildman–Crippen LogP) is 4.80. The molecule has 3 aromatic rings. The van der Waals surface area contributed by atoms with Gasteiger partial charge in [0, 0.05) is 41.2 Å². The van der Waals surface area contributed by atoms with Crippen molar-refractivity contribution in [3.8, 4) is 0 Å². The minimum Gasteiger partial charge on any atom is -0.346 e. The van der Waals surface area contributed by atoms with Crippen LogP contribution in [0.2, 0.25) is 9.36 Å². The van der Waals surface area contributed by atoms with Crippen molar-refractivity contribution in [1.82, 2.24) is 9.88 Å². The molecule has 0 fully saturated rings. The lowest BCUT2D eigenvalue weighted by Crippen LogP contribution is -2.18. The number of benzene rings is 1. The van der Waals surface area contributed by atoms with Gasteiger partial charge in [-0.15, -0.1) is 11.3 Å². The number of nitrogens with zero attached hydrogens (tertiary/aromatic N) is 1. The van der Waals surface area contributed by atoms with Gasteiger partial charge in [-0.3, -0.25) is 0 Å². The minimum atomic E-state index is 0.777. The lowest BCUT2D eigenvalue weighted by Gasteiger charge is -2.07. The molecule has 0 saturated heterocycles. The number of rotatable bonds is 5. The molecule has 104 valence electrons. The summed E-state index contributed by atoms with van der Waals surface area (Å²) in [5, 5.41) is 5.43. The summed E-state index contributed by atoms with van der Waals surface area (Å²) in [6, 6.07) is 12.1. The zero-order valence-electron chi connectivity index (χ0n) is 10.8. The van der Waals surface area contributed by atoms with Crippen LogP contribution in [0, 0.1) is 0 Å². The highest BCUT2D eigenvalue weighted by molar-refractivity contribution is 7.16. The number of nitrogens with one attached hydrogen (secondary N) is 1. The van der Waals surface area contributed by atoms with E-state index in [1.54, 1.807) is 11.3 Å². The van der Waals surface area contributed by atoms with Crippen molar-refractivity contribution >= 4 is 45.4 Å². The van der Waals surface area contributed by atoms with Crippen molar-refractivity contribution in [3.05, 3.63) is 56.8 Å². The zero-order valence-corrected chi connectivity index (χ0v) is 13.1. The molecule has 0 radical (unpaired) electrons. The second-order valence-electron chi connectivity index (χ2n) is 4.59. The van der Waals surface area contributed by atoms with E-state index in [4.69, 9.17) is 23.2 Å². The van der Waals surface area contributed by atoms with Crippen molar-refractivity contribution in [2.75, 3.05) is 6.54 Å². The summed E-state index contributed by atoms with van der Waals surface area (Å²) in [5.74, 6) is 0. The van der Waals surface area contributed by atoms with Crippen molar-refractivity contribution in [1.29, 1.82) is 0 Å². The second-order valence-corrected chi connectivity index (χ2v) is 6.83. The Balaban J connectivity index is 1.58. The van der Waals surface area contributed by atoms with Gasteiger partial charge in [-0.2, -0.15) is 0 Å². The number of hydrogen-bond acceptors (Lipinski definition) is 2. The molecule has 0 spiro atoms. The van der Waals surface area contributed by atoms with E-state index in [1.165, 1.54) is 15.8 Å². The van der Waals surface area contributed by atoms with E-state index in [1.807, 2.05) is 18.2 Å². The normalized spacial score (nSPS) is 11.3. The average Bonchev–Trinajstić information content (AvgIpc) is 3.01. The van der Waals surface area contributed by atoms with Gasteiger partial charge in [-0.1, -0.05) is 29.3 Å². The summed E-state index contributed by atoms with van der Waals surface area (Å²) in [6.07, 6.45) is 2.10. The first-order chi connectivity index (χ1) is 9.72. The standard InChI is InChI=1S/C15H14Cl2N2S/c16-12-2-1-11-5-7-19(14(11)9-12)8-6-18-10-13-3-4-15(17)20-13/h1-5,7,9,18H,6,8,10H2. The van der Waals surface area contributed by atoms with E-state index in [9.17, 15) is 0 Å². The summed E-state index contributed by atoms with van der Waals surface area (Å²) < 4.78 is 3.06. The Morgan fingerprint density at radius 2 is 2.00 bits per heavy atom. The van der Waals surface area contributed by atoms with Crippen LogP contribution >= 0.6 is 34.5 Å². The van der Waals surface area contributed by atoms with Crippen LogP contribution in [0.25, 0.3) is 10.9 Å². The van der Waals surface area contributed by atoms with Gasteiger partial charge >= 0.3 is 0 Å². The Morgan fingerprint density at radius 1 is 1.10 bits per heavy atom. The van der Waals surface area contributed by atoms with Crippen molar-refractivity contribution < 1.29 is 0 Å². The molecular formula is C15H14Cl2N2S. The van der Waals surface area contributed by atoms with Gasteiger partial charge < -0.3 is 9.88 Å². The third-order valence-electron chi connectivity index (χ3n) is 3.19. The number of hydrogen-bond donors (Lipinski definition) is 1. The quantitative estimate of drug-likeness (QED) is 0.667. The molecule has 0 amide bonds. The van der Waals surface area contributed by atoms with E-state index in [0.717, 1.165) is 29.0 Å². The van der Waals surface area contributed by atoms with Crippen LogP contribution < -0.4 is 5.32 Å².